The first-order valence-corrected chi connectivity index (χ1v) is 6.24. The minimum absolute atomic E-state index is 0.165. The van der Waals surface area contributed by atoms with Crippen LogP contribution in [0.3, 0.4) is 0 Å². The molecule has 0 aromatic rings. The van der Waals surface area contributed by atoms with Gasteiger partial charge in [0.05, 0.1) is 0 Å². The number of carbonyl (C=O) groups excluding carboxylic acids is 1. The first-order valence-electron chi connectivity index (χ1n) is 5.47. The molecule has 0 bridgehead atoms. The topological polar surface area (TPSA) is 20.3 Å². The normalized spacial score (nSPS) is 18.1. The Morgan fingerprint density at radius 3 is 2.73 bits per heavy atom. The summed E-state index contributed by atoms with van der Waals surface area (Å²) in [6.45, 7) is 7.78. The van der Waals surface area contributed by atoms with Gasteiger partial charge < -0.3 is 0 Å². The lowest BCUT2D eigenvalue weighted by Gasteiger charge is -2.10. The van der Waals surface area contributed by atoms with Gasteiger partial charge in [0.15, 0.2) is 0 Å². The first kappa shape index (κ1) is 12.5. The van der Waals surface area contributed by atoms with Gasteiger partial charge in [-0.15, -0.1) is 6.58 Å². The van der Waals surface area contributed by atoms with Gasteiger partial charge in [0.2, 0.25) is 5.12 Å². The van der Waals surface area contributed by atoms with E-state index in [-0.39, 0.29) is 5.12 Å². The zero-order valence-corrected chi connectivity index (χ0v) is 10.2. The van der Waals surface area contributed by atoms with Crippen LogP contribution in [0, 0.1) is 0 Å². The Morgan fingerprint density at radius 1 is 1.47 bits per heavy atom. The van der Waals surface area contributed by atoms with Crippen molar-refractivity contribution in [2.75, 3.05) is 13.1 Å². The molecule has 1 fully saturated rings. The van der Waals surface area contributed by atoms with Crippen LogP contribution < -0.4 is 0 Å². The van der Waals surface area contributed by atoms with E-state index in [1.54, 1.807) is 6.08 Å². The minimum atomic E-state index is 0.165. The van der Waals surface area contributed by atoms with Crippen molar-refractivity contribution in [3.05, 3.63) is 24.3 Å². The summed E-state index contributed by atoms with van der Waals surface area (Å²) in [6.07, 6.45) is 7.97. The quantitative estimate of drug-likeness (QED) is 0.407. The van der Waals surface area contributed by atoms with Gasteiger partial charge in [-0.3, -0.25) is 4.79 Å². The van der Waals surface area contributed by atoms with Gasteiger partial charge in [0.25, 0.3) is 0 Å². The summed E-state index contributed by atoms with van der Waals surface area (Å²) in [6, 6.07) is 0. The van der Waals surface area contributed by atoms with Crippen molar-refractivity contribution in [2.45, 2.75) is 32.6 Å². The van der Waals surface area contributed by atoms with E-state index >= 15 is 0 Å². The standard InChI is InChI=1S/C12H19NOS/c1-3-4-7-11(2)10-12(14)15-13-8-5-6-9-13/h3,10H,1,4-9H2,2H3/b11-10-. The molecule has 84 valence electrons. The van der Waals surface area contributed by atoms with E-state index in [4.69, 9.17) is 0 Å². The van der Waals surface area contributed by atoms with Gasteiger partial charge in [0.1, 0.15) is 0 Å². The fourth-order valence-electron chi connectivity index (χ4n) is 1.54. The average Bonchev–Trinajstić information content (AvgIpc) is 2.67. The molecule has 0 spiro atoms. The molecule has 1 heterocycles. The average molecular weight is 225 g/mol. The molecule has 0 atom stereocenters. The third-order valence-electron chi connectivity index (χ3n) is 2.39. The smallest absolute Gasteiger partial charge is 0.227 e. The third kappa shape index (κ3) is 5.19. The number of rotatable bonds is 5. The van der Waals surface area contributed by atoms with E-state index in [2.05, 4.69) is 10.9 Å². The number of allylic oxidation sites excluding steroid dienone is 2. The highest BCUT2D eigenvalue weighted by Gasteiger charge is 2.14. The first-order chi connectivity index (χ1) is 7.22. The molecular weight excluding hydrogens is 206 g/mol. The Bertz CT molecular complexity index is 254. The summed E-state index contributed by atoms with van der Waals surface area (Å²) in [7, 11) is 0. The highest BCUT2D eigenvalue weighted by Crippen LogP contribution is 2.20. The van der Waals surface area contributed by atoms with Gasteiger partial charge in [-0.1, -0.05) is 11.6 Å². The van der Waals surface area contributed by atoms with Crippen molar-refractivity contribution in [3.8, 4) is 0 Å². The molecule has 0 radical (unpaired) electrons. The van der Waals surface area contributed by atoms with Crippen LogP contribution in [0.15, 0.2) is 24.3 Å². The molecule has 3 heteroatoms. The fourth-order valence-corrected chi connectivity index (χ4v) is 2.49. The van der Waals surface area contributed by atoms with Crippen LogP contribution in [0.1, 0.15) is 32.6 Å². The van der Waals surface area contributed by atoms with Gasteiger partial charge in [-0.05, 0) is 38.7 Å². The van der Waals surface area contributed by atoms with Crippen LogP contribution in [0.5, 0.6) is 0 Å². The Balaban J connectivity index is 2.29. The van der Waals surface area contributed by atoms with E-state index < -0.39 is 0 Å². The second-order valence-corrected chi connectivity index (χ2v) is 4.97. The second kappa shape index (κ2) is 6.85. The van der Waals surface area contributed by atoms with Crippen LogP contribution >= 0.6 is 11.9 Å². The molecule has 0 N–H and O–H groups in total. The molecular formula is C12H19NOS. The highest BCUT2D eigenvalue weighted by atomic mass is 32.2. The summed E-state index contributed by atoms with van der Waals surface area (Å²) in [5.41, 5.74) is 1.14. The molecule has 0 unspecified atom stereocenters. The van der Waals surface area contributed by atoms with Crippen LogP contribution in [0.2, 0.25) is 0 Å². The van der Waals surface area contributed by atoms with Crippen LogP contribution in [0.4, 0.5) is 0 Å². The Hall–Kier alpha value is -0.540. The third-order valence-corrected chi connectivity index (χ3v) is 3.31. The predicted octanol–water partition coefficient (Wildman–Crippen LogP) is 3.17. The van der Waals surface area contributed by atoms with Crippen molar-refractivity contribution in [1.29, 1.82) is 0 Å². The van der Waals surface area contributed by atoms with Crippen molar-refractivity contribution in [3.63, 3.8) is 0 Å². The molecule has 2 nitrogen and oxygen atoms in total. The predicted molar refractivity (Wildman–Crippen MR) is 66.6 cm³/mol. The van der Waals surface area contributed by atoms with Crippen molar-refractivity contribution < 1.29 is 4.79 Å². The Morgan fingerprint density at radius 2 is 2.13 bits per heavy atom. The molecule has 0 amide bonds. The second-order valence-electron chi connectivity index (χ2n) is 3.86. The molecule has 15 heavy (non-hydrogen) atoms. The van der Waals surface area contributed by atoms with Crippen molar-refractivity contribution >= 4 is 17.1 Å². The van der Waals surface area contributed by atoms with Gasteiger partial charge in [-0.25, -0.2) is 4.31 Å². The molecule has 1 aliphatic rings. The summed E-state index contributed by atoms with van der Waals surface area (Å²) >= 11 is 1.36. The number of nitrogens with zero attached hydrogens (tertiary/aromatic N) is 1. The van der Waals surface area contributed by atoms with Gasteiger partial charge in [-0.2, -0.15) is 0 Å². The maximum Gasteiger partial charge on any atom is 0.227 e. The highest BCUT2D eigenvalue weighted by molar-refractivity contribution is 8.12. The molecule has 0 aromatic carbocycles. The van der Waals surface area contributed by atoms with Crippen molar-refractivity contribution in [1.82, 2.24) is 4.31 Å². The lowest BCUT2D eigenvalue weighted by Crippen LogP contribution is -2.12. The monoisotopic (exact) mass is 225 g/mol. The zero-order chi connectivity index (χ0) is 11.1. The fraction of sp³-hybridized carbons (Fsp3) is 0.583. The summed E-state index contributed by atoms with van der Waals surface area (Å²) < 4.78 is 2.15. The summed E-state index contributed by atoms with van der Waals surface area (Å²) in [5.74, 6) is 0. The molecule has 0 aromatic heterocycles. The molecule has 0 aliphatic carbocycles. The van der Waals surface area contributed by atoms with E-state index in [0.717, 1.165) is 31.5 Å². The Kier molecular flexibility index (Phi) is 5.73. The molecule has 0 saturated carbocycles. The lowest BCUT2D eigenvalue weighted by atomic mass is 10.1. The SMILES string of the molecule is C=CCC/C(C)=C\C(=O)SN1CCCC1. The minimum Gasteiger partial charge on any atom is -0.281 e. The van der Waals surface area contributed by atoms with E-state index in [9.17, 15) is 4.79 Å². The number of hydrogen-bond acceptors (Lipinski definition) is 3. The number of hydrogen-bond donors (Lipinski definition) is 0. The van der Waals surface area contributed by atoms with E-state index in [1.807, 2.05) is 13.0 Å². The van der Waals surface area contributed by atoms with Gasteiger partial charge in [0, 0.05) is 25.0 Å². The van der Waals surface area contributed by atoms with E-state index in [0.29, 0.717) is 0 Å². The maximum atomic E-state index is 11.6. The lowest BCUT2D eigenvalue weighted by molar-refractivity contribution is -0.107. The van der Waals surface area contributed by atoms with Gasteiger partial charge >= 0.3 is 0 Å². The van der Waals surface area contributed by atoms with Crippen molar-refractivity contribution in [2.24, 2.45) is 0 Å². The largest absolute Gasteiger partial charge is 0.281 e. The maximum absolute atomic E-state index is 11.6. The summed E-state index contributed by atoms with van der Waals surface area (Å²) in [5, 5.41) is 0.165. The zero-order valence-electron chi connectivity index (χ0n) is 9.37. The van der Waals surface area contributed by atoms with Crippen LogP contribution in [-0.2, 0) is 4.79 Å². The molecule has 1 rings (SSSR count). The van der Waals surface area contributed by atoms with Crippen LogP contribution in [-0.4, -0.2) is 22.5 Å². The number of carbonyl (C=O) groups is 1. The van der Waals surface area contributed by atoms with E-state index in [1.165, 1.54) is 24.8 Å². The molecule has 1 aliphatic heterocycles. The Labute approximate surface area is 96.5 Å². The summed E-state index contributed by atoms with van der Waals surface area (Å²) in [4.78, 5) is 11.6. The van der Waals surface area contributed by atoms with Crippen LogP contribution in [0.25, 0.3) is 0 Å². The molecule has 1 saturated heterocycles.